The summed E-state index contributed by atoms with van der Waals surface area (Å²) in [5, 5.41) is 6.13. The fourth-order valence-electron chi connectivity index (χ4n) is 2.16. The Kier molecular flexibility index (Phi) is 3.53. The SMILES string of the molecule is COc1c(N)cc(-c2ccn[nH]c2=O)cc1C(C)(C)C. The van der Waals surface area contributed by atoms with E-state index in [1.165, 1.54) is 0 Å². The third-order valence-corrected chi connectivity index (χ3v) is 3.17. The van der Waals surface area contributed by atoms with E-state index in [9.17, 15) is 4.79 Å². The molecular formula is C15H19N3O2. The molecule has 106 valence electrons. The molecule has 2 rings (SSSR count). The Bertz CT molecular complexity index is 684. The lowest BCUT2D eigenvalue weighted by Gasteiger charge is -2.24. The first-order chi connectivity index (χ1) is 9.34. The maximum atomic E-state index is 11.9. The van der Waals surface area contributed by atoms with Gasteiger partial charge in [-0.2, -0.15) is 5.10 Å². The lowest BCUT2D eigenvalue weighted by atomic mass is 9.84. The van der Waals surface area contributed by atoms with Crippen LogP contribution in [0, 0.1) is 0 Å². The smallest absolute Gasteiger partial charge is 0.272 e. The van der Waals surface area contributed by atoms with Gasteiger partial charge >= 0.3 is 0 Å². The van der Waals surface area contributed by atoms with Crippen molar-refractivity contribution in [3.05, 3.63) is 40.3 Å². The minimum Gasteiger partial charge on any atom is -0.494 e. The Morgan fingerprint density at radius 2 is 2.00 bits per heavy atom. The molecule has 0 aliphatic carbocycles. The quantitative estimate of drug-likeness (QED) is 0.823. The summed E-state index contributed by atoms with van der Waals surface area (Å²) in [5.41, 5.74) is 8.47. The van der Waals surface area contributed by atoms with Crippen molar-refractivity contribution in [2.45, 2.75) is 26.2 Å². The largest absolute Gasteiger partial charge is 0.494 e. The van der Waals surface area contributed by atoms with Gasteiger partial charge in [0.05, 0.1) is 18.4 Å². The van der Waals surface area contributed by atoms with E-state index in [1.807, 2.05) is 6.07 Å². The lowest BCUT2D eigenvalue weighted by molar-refractivity contribution is 0.400. The summed E-state index contributed by atoms with van der Waals surface area (Å²) in [6.07, 6.45) is 1.55. The van der Waals surface area contributed by atoms with Crippen LogP contribution >= 0.6 is 0 Å². The summed E-state index contributed by atoms with van der Waals surface area (Å²) in [5.74, 6) is 0.659. The van der Waals surface area contributed by atoms with E-state index in [2.05, 4.69) is 31.0 Å². The molecule has 20 heavy (non-hydrogen) atoms. The summed E-state index contributed by atoms with van der Waals surface area (Å²) < 4.78 is 5.40. The number of aromatic nitrogens is 2. The van der Waals surface area contributed by atoms with Crippen molar-refractivity contribution in [2.75, 3.05) is 12.8 Å². The second-order valence-electron chi connectivity index (χ2n) is 5.70. The number of nitrogens with one attached hydrogen (secondary N) is 1. The molecule has 0 saturated carbocycles. The summed E-state index contributed by atoms with van der Waals surface area (Å²) in [7, 11) is 1.60. The number of H-pyrrole nitrogens is 1. The number of aromatic amines is 1. The normalized spacial score (nSPS) is 11.4. The lowest BCUT2D eigenvalue weighted by Crippen LogP contribution is -2.15. The molecule has 1 heterocycles. The van der Waals surface area contributed by atoms with Gasteiger partial charge in [-0.25, -0.2) is 5.10 Å². The Hall–Kier alpha value is -2.30. The van der Waals surface area contributed by atoms with Gasteiger partial charge < -0.3 is 10.5 Å². The fraction of sp³-hybridized carbons (Fsp3) is 0.333. The maximum Gasteiger partial charge on any atom is 0.272 e. The predicted molar refractivity (Wildman–Crippen MR) is 80.0 cm³/mol. The molecule has 0 spiro atoms. The molecule has 0 aliphatic heterocycles. The van der Waals surface area contributed by atoms with Gasteiger partial charge in [-0.05, 0) is 29.2 Å². The van der Waals surface area contributed by atoms with Gasteiger partial charge in [0.1, 0.15) is 5.75 Å². The minimum atomic E-state index is -0.239. The van der Waals surface area contributed by atoms with Crippen molar-refractivity contribution in [1.29, 1.82) is 0 Å². The van der Waals surface area contributed by atoms with E-state index < -0.39 is 0 Å². The topological polar surface area (TPSA) is 81.0 Å². The van der Waals surface area contributed by atoms with Crippen molar-refractivity contribution in [3.63, 3.8) is 0 Å². The summed E-state index contributed by atoms with van der Waals surface area (Å²) in [4.78, 5) is 11.9. The molecule has 0 atom stereocenters. The molecule has 0 unspecified atom stereocenters. The molecule has 3 N–H and O–H groups in total. The van der Waals surface area contributed by atoms with Crippen molar-refractivity contribution < 1.29 is 4.74 Å². The van der Waals surface area contributed by atoms with Gasteiger partial charge in [0, 0.05) is 11.8 Å². The highest BCUT2D eigenvalue weighted by atomic mass is 16.5. The Morgan fingerprint density at radius 1 is 1.30 bits per heavy atom. The van der Waals surface area contributed by atoms with Crippen LogP contribution in [0.3, 0.4) is 0 Å². The van der Waals surface area contributed by atoms with E-state index in [-0.39, 0.29) is 11.0 Å². The van der Waals surface area contributed by atoms with Crippen molar-refractivity contribution in [1.82, 2.24) is 10.2 Å². The molecule has 0 bridgehead atoms. The van der Waals surface area contributed by atoms with E-state index in [0.29, 0.717) is 17.0 Å². The number of nitrogens with two attached hydrogens (primary N) is 1. The number of anilines is 1. The number of ether oxygens (including phenoxy) is 1. The molecule has 2 aromatic rings. The molecule has 5 heteroatoms. The van der Waals surface area contributed by atoms with Gasteiger partial charge in [0.2, 0.25) is 0 Å². The van der Waals surface area contributed by atoms with Crippen LogP contribution in [-0.4, -0.2) is 17.3 Å². The van der Waals surface area contributed by atoms with Crippen molar-refractivity contribution >= 4 is 5.69 Å². The number of methoxy groups -OCH3 is 1. The zero-order chi connectivity index (χ0) is 14.9. The maximum absolute atomic E-state index is 11.9. The minimum absolute atomic E-state index is 0.144. The van der Waals surface area contributed by atoms with Crippen LogP contribution < -0.4 is 16.0 Å². The molecule has 0 saturated heterocycles. The first-order valence-electron chi connectivity index (χ1n) is 6.36. The van der Waals surface area contributed by atoms with Gasteiger partial charge in [0.25, 0.3) is 5.56 Å². The highest BCUT2D eigenvalue weighted by Crippen LogP contribution is 2.38. The second kappa shape index (κ2) is 5.00. The van der Waals surface area contributed by atoms with Gasteiger partial charge in [-0.3, -0.25) is 4.79 Å². The van der Waals surface area contributed by atoms with E-state index in [4.69, 9.17) is 10.5 Å². The van der Waals surface area contributed by atoms with Crippen molar-refractivity contribution in [3.8, 4) is 16.9 Å². The molecule has 0 amide bonds. The fourth-order valence-corrected chi connectivity index (χ4v) is 2.16. The van der Waals surface area contributed by atoms with Crippen LogP contribution in [0.5, 0.6) is 5.75 Å². The zero-order valence-electron chi connectivity index (χ0n) is 12.2. The van der Waals surface area contributed by atoms with Crippen LogP contribution in [-0.2, 0) is 5.41 Å². The molecule has 0 radical (unpaired) electrons. The van der Waals surface area contributed by atoms with Gasteiger partial charge in [-0.1, -0.05) is 20.8 Å². The van der Waals surface area contributed by atoms with Crippen LogP contribution in [0.4, 0.5) is 5.69 Å². The number of hydrogen-bond donors (Lipinski definition) is 2. The first-order valence-corrected chi connectivity index (χ1v) is 6.36. The monoisotopic (exact) mass is 273 g/mol. The highest BCUT2D eigenvalue weighted by Gasteiger charge is 2.22. The van der Waals surface area contributed by atoms with E-state index >= 15 is 0 Å². The third-order valence-electron chi connectivity index (χ3n) is 3.17. The van der Waals surface area contributed by atoms with Gasteiger partial charge in [0.15, 0.2) is 0 Å². The average molecular weight is 273 g/mol. The molecule has 1 aromatic carbocycles. The number of rotatable bonds is 2. The van der Waals surface area contributed by atoms with E-state index in [0.717, 1.165) is 11.1 Å². The molecule has 1 aromatic heterocycles. The predicted octanol–water partition coefficient (Wildman–Crippen LogP) is 2.33. The Morgan fingerprint density at radius 3 is 2.55 bits per heavy atom. The first kappa shape index (κ1) is 14.1. The molecule has 0 fully saturated rings. The average Bonchev–Trinajstić information content (AvgIpc) is 2.37. The van der Waals surface area contributed by atoms with Crippen LogP contribution in [0.25, 0.3) is 11.1 Å². The van der Waals surface area contributed by atoms with Crippen LogP contribution in [0.2, 0.25) is 0 Å². The van der Waals surface area contributed by atoms with Crippen LogP contribution in [0.15, 0.2) is 29.2 Å². The second-order valence-corrected chi connectivity index (χ2v) is 5.70. The van der Waals surface area contributed by atoms with E-state index in [1.54, 1.807) is 25.4 Å². The Labute approximate surface area is 117 Å². The zero-order valence-corrected chi connectivity index (χ0v) is 12.2. The summed E-state index contributed by atoms with van der Waals surface area (Å²) >= 11 is 0. The Balaban J connectivity index is 2.73. The summed E-state index contributed by atoms with van der Waals surface area (Å²) in [6.45, 7) is 6.22. The van der Waals surface area contributed by atoms with Crippen LogP contribution in [0.1, 0.15) is 26.3 Å². The number of benzene rings is 1. The number of nitrogens with zero attached hydrogens (tertiary/aromatic N) is 1. The molecular weight excluding hydrogens is 254 g/mol. The number of hydrogen-bond acceptors (Lipinski definition) is 4. The highest BCUT2D eigenvalue weighted by molar-refractivity contribution is 5.73. The third kappa shape index (κ3) is 2.52. The molecule has 0 aliphatic rings. The number of nitrogen functional groups attached to an aromatic ring is 1. The molecule has 5 nitrogen and oxygen atoms in total. The standard InChI is InChI=1S/C15H19N3O2/c1-15(2,3)11-7-9(8-12(16)13(11)20-4)10-5-6-17-18-14(10)19/h5-8H,16H2,1-4H3,(H,18,19). The van der Waals surface area contributed by atoms with Gasteiger partial charge in [-0.15, -0.1) is 0 Å². The van der Waals surface area contributed by atoms with Crippen molar-refractivity contribution in [2.24, 2.45) is 0 Å². The summed E-state index contributed by atoms with van der Waals surface area (Å²) in [6, 6.07) is 5.37.